The highest BCUT2D eigenvalue weighted by molar-refractivity contribution is 5.67. The Hall–Kier alpha value is -1.71. The average molecular weight is 147 g/mol. The second kappa shape index (κ2) is 2.16. The lowest BCUT2D eigenvalue weighted by Gasteiger charge is -1.91. The van der Waals surface area contributed by atoms with Gasteiger partial charge in [-0.25, -0.2) is 9.97 Å². The van der Waals surface area contributed by atoms with Gasteiger partial charge in [0.15, 0.2) is 5.65 Å². The Bertz CT molecular complexity index is 435. The highest BCUT2D eigenvalue weighted by Gasteiger charge is 1.92. The predicted octanol–water partition coefficient (Wildman–Crippen LogP) is 0.318. The van der Waals surface area contributed by atoms with Crippen molar-refractivity contribution >= 4 is 11.2 Å². The van der Waals surface area contributed by atoms with Crippen molar-refractivity contribution in [3.05, 3.63) is 34.9 Å². The number of hydrogen-bond acceptors (Lipinski definition) is 3. The minimum Gasteiger partial charge on any atom is -0.304 e. The van der Waals surface area contributed by atoms with E-state index in [2.05, 4.69) is 15.0 Å². The van der Waals surface area contributed by atoms with Crippen LogP contribution in [0.3, 0.4) is 0 Å². The van der Waals surface area contributed by atoms with Crippen molar-refractivity contribution in [3.63, 3.8) is 0 Å². The van der Waals surface area contributed by atoms with Crippen molar-refractivity contribution in [1.82, 2.24) is 15.0 Å². The number of nitrogens with one attached hydrogen (secondary N) is 1. The Kier molecular flexibility index (Phi) is 1.18. The largest absolute Gasteiger partial charge is 0.304 e. The van der Waals surface area contributed by atoms with Crippen molar-refractivity contribution in [3.8, 4) is 0 Å². The number of nitrogens with zero attached hydrogens (tertiary/aromatic N) is 2. The third kappa shape index (κ3) is 0.980. The number of hydrogen-bond donors (Lipinski definition) is 1. The second-order valence-electron chi connectivity index (χ2n) is 2.12. The van der Waals surface area contributed by atoms with Crippen LogP contribution in [0.15, 0.2) is 29.3 Å². The number of aromatic amines is 1. The quantitative estimate of drug-likeness (QED) is 0.583. The van der Waals surface area contributed by atoms with E-state index in [-0.39, 0.29) is 5.56 Å². The maximum Gasteiger partial charge on any atom is 0.268 e. The number of rotatable bonds is 0. The van der Waals surface area contributed by atoms with Gasteiger partial charge in [0.2, 0.25) is 0 Å². The molecule has 2 aromatic heterocycles. The summed E-state index contributed by atoms with van der Waals surface area (Å²) < 4.78 is 0. The van der Waals surface area contributed by atoms with E-state index in [0.717, 1.165) is 0 Å². The lowest BCUT2D eigenvalue weighted by atomic mass is 10.4. The van der Waals surface area contributed by atoms with Gasteiger partial charge < -0.3 is 4.98 Å². The minimum absolute atomic E-state index is 0.226. The smallest absolute Gasteiger partial charge is 0.268 e. The Morgan fingerprint density at radius 1 is 1.36 bits per heavy atom. The molecule has 0 aliphatic carbocycles. The summed E-state index contributed by atoms with van der Waals surface area (Å²) in [4.78, 5) is 21.1. The molecular weight excluding hydrogens is 142 g/mol. The molecule has 0 aromatic carbocycles. The van der Waals surface area contributed by atoms with Crippen molar-refractivity contribution in [2.24, 2.45) is 0 Å². The van der Waals surface area contributed by atoms with Crippen LogP contribution < -0.4 is 5.56 Å². The van der Waals surface area contributed by atoms with Crippen LogP contribution in [0, 0.1) is 0 Å². The number of fused-ring (bicyclic) bond motifs is 1. The van der Waals surface area contributed by atoms with Crippen LogP contribution in [0.5, 0.6) is 0 Å². The fraction of sp³-hybridized carbons (Fsp3) is 0. The molecule has 1 N–H and O–H groups in total. The molecule has 2 heterocycles. The summed E-state index contributed by atoms with van der Waals surface area (Å²) in [6.07, 6.45) is 2.85. The standard InChI is InChI=1S/C7H5N3O/c11-6-4-9-5-2-1-3-8-7(5)10-6/h1-4H,(H,8,10,11). The lowest BCUT2D eigenvalue weighted by Crippen LogP contribution is -2.05. The van der Waals surface area contributed by atoms with Gasteiger partial charge in [0.1, 0.15) is 5.52 Å². The normalized spacial score (nSPS) is 10.2. The van der Waals surface area contributed by atoms with Crippen LogP contribution in [-0.2, 0) is 0 Å². The van der Waals surface area contributed by atoms with Gasteiger partial charge in [-0.3, -0.25) is 4.79 Å². The zero-order valence-corrected chi connectivity index (χ0v) is 5.61. The van der Waals surface area contributed by atoms with Crippen molar-refractivity contribution in [2.75, 3.05) is 0 Å². The van der Waals surface area contributed by atoms with E-state index < -0.39 is 0 Å². The SMILES string of the molecule is O=c1cnc2cccnc2[nH]1. The van der Waals surface area contributed by atoms with E-state index in [0.29, 0.717) is 11.2 Å². The van der Waals surface area contributed by atoms with E-state index in [1.807, 2.05) is 0 Å². The minimum atomic E-state index is -0.226. The zero-order valence-electron chi connectivity index (χ0n) is 5.61. The first kappa shape index (κ1) is 6.03. The van der Waals surface area contributed by atoms with Crippen molar-refractivity contribution in [2.45, 2.75) is 0 Å². The highest BCUT2D eigenvalue weighted by atomic mass is 16.1. The van der Waals surface area contributed by atoms with Crippen LogP contribution in [0.2, 0.25) is 0 Å². The van der Waals surface area contributed by atoms with E-state index in [1.54, 1.807) is 18.3 Å². The van der Waals surface area contributed by atoms with E-state index in [4.69, 9.17) is 0 Å². The first-order valence-electron chi connectivity index (χ1n) is 3.16. The van der Waals surface area contributed by atoms with E-state index >= 15 is 0 Å². The number of H-pyrrole nitrogens is 1. The highest BCUT2D eigenvalue weighted by Crippen LogP contribution is 1.98. The maximum atomic E-state index is 10.7. The van der Waals surface area contributed by atoms with Gasteiger partial charge in [-0.1, -0.05) is 0 Å². The molecule has 0 saturated carbocycles. The summed E-state index contributed by atoms with van der Waals surface area (Å²) in [6.45, 7) is 0. The summed E-state index contributed by atoms with van der Waals surface area (Å²) in [5, 5.41) is 0. The Labute approximate surface area is 61.9 Å². The van der Waals surface area contributed by atoms with E-state index in [9.17, 15) is 4.79 Å². The van der Waals surface area contributed by atoms with Gasteiger partial charge >= 0.3 is 0 Å². The second-order valence-corrected chi connectivity index (χ2v) is 2.12. The fourth-order valence-corrected chi connectivity index (χ4v) is 0.874. The lowest BCUT2D eigenvalue weighted by molar-refractivity contribution is 1.17. The monoisotopic (exact) mass is 147 g/mol. The molecule has 4 heteroatoms. The summed E-state index contributed by atoms with van der Waals surface area (Å²) >= 11 is 0. The van der Waals surface area contributed by atoms with Gasteiger partial charge in [0.25, 0.3) is 5.56 Å². The zero-order chi connectivity index (χ0) is 7.68. The molecule has 2 aromatic rings. The fourth-order valence-electron chi connectivity index (χ4n) is 0.874. The predicted molar refractivity (Wildman–Crippen MR) is 40.2 cm³/mol. The third-order valence-corrected chi connectivity index (χ3v) is 1.35. The molecule has 11 heavy (non-hydrogen) atoms. The first-order valence-corrected chi connectivity index (χ1v) is 3.16. The van der Waals surface area contributed by atoms with Crippen molar-refractivity contribution in [1.29, 1.82) is 0 Å². The molecule has 0 unspecified atom stereocenters. The van der Waals surface area contributed by atoms with Crippen LogP contribution in [0.4, 0.5) is 0 Å². The molecule has 0 amide bonds. The van der Waals surface area contributed by atoms with Gasteiger partial charge in [-0.05, 0) is 12.1 Å². The summed E-state index contributed by atoms with van der Waals surface area (Å²) in [5.41, 5.74) is 1.00. The van der Waals surface area contributed by atoms with Gasteiger partial charge in [0.05, 0.1) is 6.20 Å². The molecule has 0 atom stereocenters. The molecule has 0 aliphatic heterocycles. The maximum absolute atomic E-state index is 10.7. The summed E-state index contributed by atoms with van der Waals surface area (Å²) in [7, 11) is 0. The van der Waals surface area contributed by atoms with Crippen LogP contribution in [0.1, 0.15) is 0 Å². The van der Waals surface area contributed by atoms with Crippen molar-refractivity contribution < 1.29 is 0 Å². The number of aromatic nitrogens is 3. The van der Waals surface area contributed by atoms with Gasteiger partial charge in [-0.2, -0.15) is 0 Å². The Morgan fingerprint density at radius 3 is 3.18 bits per heavy atom. The molecule has 0 fully saturated rings. The van der Waals surface area contributed by atoms with Gasteiger partial charge in [-0.15, -0.1) is 0 Å². The summed E-state index contributed by atoms with van der Waals surface area (Å²) in [6, 6.07) is 3.56. The topological polar surface area (TPSA) is 58.6 Å². The molecule has 0 saturated heterocycles. The van der Waals surface area contributed by atoms with Gasteiger partial charge in [0, 0.05) is 6.20 Å². The molecule has 54 valence electrons. The molecule has 0 radical (unpaired) electrons. The first-order chi connectivity index (χ1) is 5.36. The average Bonchev–Trinajstić information content (AvgIpc) is 2.04. The Balaban J connectivity index is 2.94. The molecule has 4 nitrogen and oxygen atoms in total. The third-order valence-electron chi connectivity index (χ3n) is 1.35. The molecule has 2 rings (SSSR count). The molecule has 0 aliphatic rings. The molecular formula is C7H5N3O. The summed E-state index contributed by atoms with van der Waals surface area (Å²) in [5.74, 6) is 0. The Morgan fingerprint density at radius 2 is 2.27 bits per heavy atom. The van der Waals surface area contributed by atoms with Crippen LogP contribution in [-0.4, -0.2) is 15.0 Å². The van der Waals surface area contributed by atoms with E-state index in [1.165, 1.54) is 6.20 Å². The molecule has 0 spiro atoms. The van der Waals surface area contributed by atoms with Crippen LogP contribution in [0.25, 0.3) is 11.2 Å². The number of pyridine rings is 1. The molecule has 0 bridgehead atoms. The van der Waals surface area contributed by atoms with Crippen LogP contribution >= 0.6 is 0 Å².